The van der Waals surface area contributed by atoms with Crippen LogP contribution in [0.3, 0.4) is 0 Å². The second kappa shape index (κ2) is 5.23. The Morgan fingerprint density at radius 1 is 0.458 bits per heavy atom. The molecule has 0 N–H and O–H groups in total. The Balaban J connectivity index is 1.88. The number of pyridine rings is 2. The molecule has 0 radical (unpaired) electrons. The molecular weight excluding hydrogens is 428 g/mol. The van der Waals surface area contributed by atoms with Crippen molar-refractivity contribution in [2.75, 3.05) is 0 Å². The summed E-state index contributed by atoms with van der Waals surface area (Å²) in [5.74, 6) is 0. The van der Waals surface area contributed by atoms with Gasteiger partial charge in [-0.25, -0.2) is 9.97 Å². The van der Waals surface area contributed by atoms with Gasteiger partial charge >= 0.3 is 0 Å². The van der Waals surface area contributed by atoms with Gasteiger partial charge < -0.3 is 0 Å². The zero-order chi connectivity index (χ0) is 16.3. The molecule has 0 spiro atoms. The molecule has 2 aromatic heterocycles. The highest BCUT2D eigenvalue weighted by Gasteiger charge is 2.06. The Morgan fingerprint density at radius 3 is 1.33 bits per heavy atom. The fourth-order valence-corrected chi connectivity index (χ4v) is 3.87. The second-order valence-corrected chi connectivity index (χ2v) is 7.72. The van der Waals surface area contributed by atoms with E-state index in [9.17, 15) is 0 Å². The summed E-state index contributed by atoms with van der Waals surface area (Å²) in [5.41, 5.74) is 3.99. The lowest BCUT2D eigenvalue weighted by Crippen LogP contribution is -1.87. The minimum Gasteiger partial charge on any atom is -0.248 e. The molecule has 0 saturated heterocycles. The van der Waals surface area contributed by atoms with E-state index in [1.807, 2.05) is 24.3 Å². The summed E-state index contributed by atoms with van der Waals surface area (Å²) in [5, 5.41) is 4.47. The number of halogens is 2. The molecule has 0 fully saturated rings. The Hall–Kier alpha value is -2.04. The highest BCUT2D eigenvalue weighted by molar-refractivity contribution is 9.10. The maximum absolute atomic E-state index is 4.81. The van der Waals surface area contributed by atoms with E-state index in [1.165, 1.54) is 0 Å². The normalized spacial score (nSPS) is 11.8. The molecule has 0 saturated carbocycles. The molecule has 0 amide bonds. The van der Waals surface area contributed by atoms with Gasteiger partial charge in [0.25, 0.3) is 0 Å². The third-order valence-electron chi connectivity index (χ3n) is 4.26. The van der Waals surface area contributed by atoms with Crippen molar-refractivity contribution in [3.63, 3.8) is 0 Å². The van der Waals surface area contributed by atoms with Crippen LogP contribution in [0.4, 0.5) is 0 Å². The maximum Gasteiger partial charge on any atom is 0.0717 e. The van der Waals surface area contributed by atoms with Crippen molar-refractivity contribution in [3.05, 3.63) is 69.6 Å². The lowest BCUT2D eigenvalue weighted by atomic mass is 10.1. The van der Waals surface area contributed by atoms with Gasteiger partial charge in [0.1, 0.15) is 0 Å². The zero-order valence-electron chi connectivity index (χ0n) is 12.4. The van der Waals surface area contributed by atoms with Gasteiger partial charge in [-0.15, -0.1) is 0 Å². The van der Waals surface area contributed by atoms with E-state index in [4.69, 9.17) is 9.97 Å². The van der Waals surface area contributed by atoms with Crippen LogP contribution in [0.1, 0.15) is 0 Å². The minimum absolute atomic E-state index is 0.994. The summed E-state index contributed by atoms with van der Waals surface area (Å²) in [4.78, 5) is 9.62. The van der Waals surface area contributed by atoms with Crippen LogP contribution < -0.4 is 0 Å². The number of benzene rings is 3. The summed E-state index contributed by atoms with van der Waals surface area (Å²) < 4.78 is 2.12. The summed E-state index contributed by atoms with van der Waals surface area (Å²) in [7, 11) is 0. The molecule has 2 nitrogen and oxygen atoms in total. The predicted molar refractivity (Wildman–Crippen MR) is 107 cm³/mol. The quantitative estimate of drug-likeness (QED) is 0.254. The monoisotopic (exact) mass is 436 g/mol. The van der Waals surface area contributed by atoms with Crippen LogP contribution in [0.2, 0.25) is 0 Å². The molecule has 0 unspecified atom stereocenters. The van der Waals surface area contributed by atoms with E-state index in [1.54, 1.807) is 0 Å². The van der Waals surface area contributed by atoms with Crippen LogP contribution in [0.5, 0.6) is 0 Å². The number of aromatic nitrogens is 2. The van der Waals surface area contributed by atoms with Crippen LogP contribution in [-0.2, 0) is 0 Å². The molecule has 2 heterocycles. The fraction of sp³-hybridized carbons (Fsp3) is 0. The first-order valence-electron chi connectivity index (χ1n) is 7.56. The molecule has 3 aromatic carbocycles. The van der Waals surface area contributed by atoms with E-state index in [0.717, 1.165) is 52.6 Å². The molecule has 0 aliphatic heterocycles. The number of fused-ring (bicyclic) bond motifs is 4. The Kier molecular flexibility index (Phi) is 3.12. The van der Waals surface area contributed by atoms with Crippen LogP contribution in [0, 0.1) is 0 Å². The van der Waals surface area contributed by atoms with E-state index < -0.39 is 0 Å². The average molecular weight is 438 g/mol. The van der Waals surface area contributed by atoms with Crippen LogP contribution in [-0.4, -0.2) is 9.97 Å². The smallest absolute Gasteiger partial charge is 0.0717 e. The van der Waals surface area contributed by atoms with Gasteiger partial charge in [0.2, 0.25) is 0 Å². The number of nitrogens with zero attached hydrogens (tertiary/aromatic N) is 2. The van der Waals surface area contributed by atoms with E-state index >= 15 is 0 Å². The molecule has 0 aliphatic rings. The molecule has 0 atom stereocenters. The fourth-order valence-electron chi connectivity index (χ4n) is 3.11. The molecule has 4 heteroatoms. The Morgan fingerprint density at radius 2 is 0.875 bits per heavy atom. The van der Waals surface area contributed by atoms with Gasteiger partial charge in [-0.3, -0.25) is 0 Å². The van der Waals surface area contributed by atoms with Crippen molar-refractivity contribution in [2.45, 2.75) is 0 Å². The standard InChI is InChI=1S/C20H10Br2N2/c21-15-1-3-17-11(7-15)5-13-10-20-14(9-19(13)23-17)6-12-8-16(22)2-4-18(12)24-20/h1-10H. The van der Waals surface area contributed by atoms with Gasteiger partial charge in [-0.2, -0.15) is 0 Å². The van der Waals surface area contributed by atoms with Crippen molar-refractivity contribution in [1.82, 2.24) is 9.97 Å². The van der Waals surface area contributed by atoms with Crippen LogP contribution >= 0.6 is 31.9 Å². The van der Waals surface area contributed by atoms with Gasteiger partial charge in [-0.05, 0) is 60.7 Å². The molecule has 24 heavy (non-hydrogen) atoms. The van der Waals surface area contributed by atoms with Gasteiger partial charge in [0.05, 0.1) is 22.1 Å². The highest BCUT2D eigenvalue weighted by Crippen LogP contribution is 2.28. The third kappa shape index (κ3) is 2.29. The van der Waals surface area contributed by atoms with Crippen LogP contribution in [0.15, 0.2) is 69.6 Å². The predicted octanol–water partition coefficient (Wildman–Crippen LogP) is 6.61. The lowest BCUT2D eigenvalue weighted by Gasteiger charge is -2.06. The zero-order valence-corrected chi connectivity index (χ0v) is 15.6. The van der Waals surface area contributed by atoms with Crippen molar-refractivity contribution in [3.8, 4) is 0 Å². The van der Waals surface area contributed by atoms with Gasteiger partial charge in [0, 0.05) is 30.5 Å². The van der Waals surface area contributed by atoms with Crippen molar-refractivity contribution in [1.29, 1.82) is 0 Å². The van der Waals surface area contributed by atoms with E-state index in [2.05, 4.69) is 68.3 Å². The first-order valence-corrected chi connectivity index (χ1v) is 9.14. The summed E-state index contributed by atoms with van der Waals surface area (Å²) in [6.07, 6.45) is 0. The number of hydrogen-bond donors (Lipinski definition) is 0. The first-order chi connectivity index (χ1) is 11.7. The van der Waals surface area contributed by atoms with Crippen molar-refractivity contribution < 1.29 is 0 Å². The highest BCUT2D eigenvalue weighted by atomic mass is 79.9. The Bertz CT molecular complexity index is 1180. The maximum atomic E-state index is 4.81. The molecule has 0 aliphatic carbocycles. The Labute approximate surface area is 154 Å². The largest absolute Gasteiger partial charge is 0.248 e. The van der Waals surface area contributed by atoms with E-state index in [0.29, 0.717) is 0 Å². The van der Waals surface area contributed by atoms with Gasteiger partial charge in [-0.1, -0.05) is 31.9 Å². The molecule has 0 bridgehead atoms. The van der Waals surface area contributed by atoms with Crippen LogP contribution in [0.25, 0.3) is 43.6 Å². The van der Waals surface area contributed by atoms with E-state index in [-0.39, 0.29) is 0 Å². The number of hydrogen-bond acceptors (Lipinski definition) is 2. The second-order valence-electron chi connectivity index (χ2n) is 5.89. The topological polar surface area (TPSA) is 25.8 Å². The minimum atomic E-state index is 0.994. The molecular formula is C20H10Br2N2. The lowest BCUT2D eigenvalue weighted by molar-refractivity contribution is 1.47. The molecule has 5 rings (SSSR count). The van der Waals surface area contributed by atoms with Gasteiger partial charge in [0.15, 0.2) is 0 Å². The van der Waals surface area contributed by atoms with Crippen molar-refractivity contribution >= 4 is 75.5 Å². The summed E-state index contributed by atoms with van der Waals surface area (Å²) in [6.45, 7) is 0. The summed E-state index contributed by atoms with van der Waals surface area (Å²) in [6, 6.07) is 20.9. The summed E-state index contributed by atoms with van der Waals surface area (Å²) >= 11 is 7.05. The third-order valence-corrected chi connectivity index (χ3v) is 5.25. The molecule has 5 aromatic rings. The molecule has 114 valence electrons. The average Bonchev–Trinajstić information content (AvgIpc) is 2.56. The number of rotatable bonds is 0. The van der Waals surface area contributed by atoms with Crippen molar-refractivity contribution in [2.24, 2.45) is 0 Å². The first kappa shape index (κ1) is 14.3. The SMILES string of the molecule is Brc1ccc2nc3cc4cc5cc(Br)ccc5nc4cc3cc2c1.